The van der Waals surface area contributed by atoms with E-state index in [1.165, 1.54) is 238 Å². The van der Waals surface area contributed by atoms with Crippen LogP contribution in [-0.2, 0) is 65.4 Å². The zero-order chi connectivity index (χ0) is 71.9. The lowest BCUT2D eigenvalue weighted by atomic mass is 10.0. The molecule has 0 aromatic carbocycles. The van der Waals surface area contributed by atoms with Crippen molar-refractivity contribution in [3.63, 3.8) is 0 Å². The second kappa shape index (κ2) is 72.0. The second-order valence-electron chi connectivity index (χ2n) is 28.9. The quantitative estimate of drug-likeness (QED) is 0.0222. The number of esters is 4. The summed E-state index contributed by atoms with van der Waals surface area (Å²) >= 11 is 0. The van der Waals surface area contributed by atoms with Crippen molar-refractivity contribution < 1.29 is 80.2 Å². The predicted octanol–water partition coefficient (Wildman–Crippen LogP) is 23.6. The third kappa shape index (κ3) is 72.4. The van der Waals surface area contributed by atoms with Gasteiger partial charge in [-0.15, -0.1) is 0 Å². The van der Waals surface area contributed by atoms with E-state index in [2.05, 4.69) is 34.6 Å². The normalized spacial score (nSPS) is 13.9. The van der Waals surface area contributed by atoms with Gasteiger partial charge in [0, 0.05) is 25.7 Å². The molecule has 0 fully saturated rings. The first-order valence-electron chi connectivity index (χ1n) is 41.1. The van der Waals surface area contributed by atoms with Gasteiger partial charge in [-0.05, 0) is 31.6 Å². The van der Waals surface area contributed by atoms with E-state index in [4.69, 9.17) is 37.0 Å². The van der Waals surface area contributed by atoms with Gasteiger partial charge in [-0.2, -0.15) is 0 Å². The molecule has 19 heteroatoms. The number of carbonyl (C=O) groups is 4. The molecule has 0 aromatic heterocycles. The molecule has 0 bridgehead atoms. The van der Waals surface area contributed by atoms with Crippen molar-refractivity contribution >= 4 is 39.5 Å². The summed E-state index contributed by atoms with van der Waals surface area (Å²) in [4.78, 5) is 72.9. The Morgan fingerprint density at radius 3 is 0.694 bits per heavy atom. The van der Waals surface area contributed by atoms with Gasteiger partial charge in [0.25, 0.3) is 0 Å². The molecular formula is C79H154O17P2. The van der Waals surface area contributed by atoms with Gasteiger partial charge in [0.15, 0.2) is 12.2 Å². The molecule has 0 aliphatic rings. The monoisotopic (exact) mass is 1440 g/mol. The summed E-state index contributed by atoms with van der Waals surface area (Å²) < 4.78 is 68.6. The molecule has 0 aliphatic carbocycles. The Balaban J connectivity index is 5.18. The van der Waals surface area contributed by atoms with E-state index in [-0.39, 0.29) is 25.7 Å². The minimum absolute atomic E-state index is 0.107. The first-order valence-corrected chi connectivity index (χ1v) is 44.1. The van der Waals surface area contributed by atoms with Gasteiger partial charge in [0.1, 0.15) is 19.3 Å². The summed E-state index contributed by atoms with van der Waals surface area (Å²) in [6, 6.07) is 0. The van der Waals surface area contributed by atoms with Crippen LogP contribution in [0.3, 0.4) is 0 Å². The summed E-state index contributed by atoms with van der Waals surface area (Å²) in [6.45, 7) is 7.25. The third-order valence-electron chi connectivity index (χ3n) is 18.5. The Labute approximate surface area is 600 Å². The fourth-order valence-corrected chi connectivity index (χ4v) is 13.8. The number of aliphatic hydroxyl groups is 1. The molecule has 0 radical (unpaired) electrons. The van der Waals surface area contributed by atoms with E-state index < -0.39 is 97.5 Å². The molecule has 582 valence electrons. The smallest absolute Gasteiger partial charge is 0.462 e. The highest BCUT2D eigenvalue weighted by Gasteiger charge is 2.30. The molecule has 0 heterocycles. The fourth-order valence-electron chi connectivity index (χ4n) is 12.2. The topological polar surface area (TPSA) is 237 Å². The highest BCUT2D eigenvalue weighted by molar-refractivity contribution is 7.47. The molecule has 2 unspecified atom stereocenters. The standard InChI is InChI=1S/C79H154O17P2/c1-6-9-12-15-18-21-24-26-28-29-30-31-32-33-34-36-38-41-44-49-55-60-65-79(84)95-74(68-89-76(81)62-57-52-47-42-40-37-35-27-25-22-19-16-13-10-7-2)70-93-97(85,86)91-66-73(80)67-92-98(87,88)94-71-75(69-90-77(82)63-58-53-50-45-46-51-56-61-72(4)5)96-78(83)64-59-54-48-43-39-23-20-17-14-11-8-3/h72-75,80H,6-71H2,1-5H3,(H,85,86)(H,87,88)/t73-,74-,75-/m1/s1. The summed E-state index contributed by atoms with van der Waals surface area (Å²) in [7, 11) is -9.91. The average Bonchev–Trinajstić information content (AvgIpc) is 1.10. The van der Waals surface area contributed by atoms with Gasteiger partial charge in [0.2, 0.25) is 0 Å². The van der Waals surface area contributed by atoms with Crippen LogP contribution in [-0.4, -0.2) is 96.7 Å². The van der Waals surface area contributed by atoms with Crippen molar-refractivity contribution in [3.05, 3.63) is 0 Å². The zero-order valence-corrected chi connectivity index (χ0v) is 65.7. The summed E-state index contributed by atoms with van der Waals surface area (Å²) in [6.07, 6.45) is 62.6. The molecule has 98 heavy (non-hydrogen) atoms. The van der Waals surface area contributed by atoms with Crippen LogP contribution in [0, 0.1) is 5.92 Å². The highest BCUT2D eigenvalue weighted by atomic mass is 31.2. The summed E-state index contributed by atoms with van der Waals surface area (Å²) in [5.74, 6) is -1.41. The molecule has 0 saturated carbocycles. The van der Waals surface area contributed by atoms with E-state index in [9.17, 15) is 43.2 Å². The number of phosphoric ester groups is 2. The first-order chi connectivity index (χ1) is 47.5. The van der Waals surface area contributed by atoms with Gasteiger partial charge in [-0.1, -0.05) is 369 Å². The van der Waals surface area contributed by atoms with Crippen LogP contribution in [0.15, 0.2) is 0 Å². The Morgan fingerprint density at radius 2 is 0.469 bits per heavy atom. The number of unbranched alkanes of at least 4 members (excludes halogenated alkanes) is 51. The number of carbonyl (C=O) groups excluding carboxylic acids is 4. The first kappa shape index (κ1) is 96.1. The van der Waals surface area contributed by atoms with E-state index >= 15 is 0 Å². The molecular weight excluding hydrogens is 1280 g/mol. The van der Waals surface area contributed by atoms with Crippen molar-refractivity contribution in [2.75, 3.05) is 39.6 Å². The van der Waals surface area contributed by atoms with Crippen LogP contribution < -0.4 is 0 Å². The summed E-state index contributed by atoms with van der Waals surface area (Å²) in [5.41, 5.74) is 0. The molecule has 0 aromatic rings. The van der Waals surface area contributed by atoms with Crippen molar-refractivity contribution in [1.29, 1.82) is 0 Å². The molecule has 0 spiro atoms. The van der Waals surface area contributed by atoms with Crippen LogP contribution >= 0.6 is 15.6 Å². The number of rotatable bonds is 79. The van der Waals surface area contributed by atoms with Crippen LogP contribution in [0.1, 0.15) is 420 Å². The van der Waals surface area contributed by atoms with Gasteiger partial charge in [-0.3, -0.25) is 37.3 Å². The van der Waals surface area contributed by atoms with E-state index in [0.717, 1.165) is 96.3 Å². The molecule has 3 N–H and O–H groups in total. The molecule has 5 atom stereocenters. The van der Waals surface area contributed by atoms with Crippen molar-refractivity contribution in [3.8, 4) is 0 Å². The van der Waals surface area contributed by atoms with E-state index in [1.54, 1.807) is 0 Å². The van der Waals surface area contributed by atoms with Crippen molar-refractivity contribution in [2.45, 2.75) is 438 Å². The fraction of sp³-hybridized carbons (Fsp3) is 0.949. The number of ether oxygens (including phenoxy) is 4. The maximum Gasteiger partial charge on any atom is 0.472 e. The second-order valence-corrected chi connectivity index (χ2v) is 31.8. The highest BCUT2D eigenvalue weighted by Crippen LogP contribution is 2.45. The average molecular weight is 1440 g/mol. The van der Waals surface area contributed by atoms with Gasteiger partial charge < -0.3 is 33.8 Å². The minimum atomic E-state index is -4.96. The van der Waals surface area contributed by atoms with Gasteiger partial charge >= 0.3 is 39.5 Å². The molecule has 0 aliphatic heterocycles. The Morgan fingerprint density at radius 1 is 0.276 bits per heavy atom. The lowest BCUT2D eigenvalue weighted by molar-refractivity contribution is -0.161. The molecule has 0 saturated heterocycles. The van der Waals surface area contributed by atoms with Crippen LogP contribution in [0.5, 0.6) is 0 Å². The van der Waals surface area contributed by atoms with Gasteiger partial charge in [-0.25, -0.2) is 9.13 Å². The number of phosphoric acid groups is 2. The summed E-state index contributed by atoms with van der Waals surface area (Å²) in [5, 5.41) is 10.6. The SMILES string of the molecule is CCCCCCCCCCCCCCCCCCCCCCCCC(=O)O[C@H](COC(=O)CCCCCCCCCCCCCCCCC)COP(=O)(O)OC[C@@H](O)COP(=O)(O)OC[C@@H](COC(=O)CCCCCCCCCC(C)C)OC(=O)CCCCCCCCCCCCC. The third-order valence-corrected chi connectivity index (χ3v) is 20.4. The predicted molar refractivity (Wildman–Crippen MR) is 400 cm³/mol. The number of hydrogen-bond donors (Lipinski definition) is 3. The van der Waals surface area contributed by atoms with Crippen molar-refractivity contribution in [2.24, 2.45) is 5.92 Å². The Bertz CT molecular complexity index is 1870. The Hall–Kier alpha value is -1.94. The van der Waals surface area contributed by atoms with Gasteiger partial charge in [0.05, 0.1) is 26.4 Å². The van der Waals surface area contributed by atoms with Crippen LogP contribution in [0.4, 0.5) is 0 Å². The van der Waals surface area contributed by atoms with Crippen LogP contribution in [0.2, 0.25) is 0 Å². The van der Waals surface area contributed by atoms with E-state index in [1.807, 2.05) is 0 Å². The maximum absolute atomic E-state index is 13.1. The molecule has 0 amide bonds. The lowest BCUT2D eigenvalue weighted by Gasteiger charge is -2.21. The number of aliphatic hydroxyl groups excluding tert-OH is 1. The number of hydrogen-bond acceptors (Lipinski definition) is 15. The Kier molecular flexibility index (Phi) is 70.6. The zero-order valence-electron chi connectivity index (χ0n) is 63.9. The van der Waals surface area contributed by atoms with E-state index in [0.29, 0.717) is 31.6 Å². The largest absolute Gasteiger partial charge is 0.472 e. The maximum atomic E-state index is 13.1. The molecule has 0 rings (SSSR count). The minimum Gasteiger partial charge on any atom is -0.462 e. The van der Waals surface area contributed by atoms with Crippen molar-refractivity contribution in [1.82, 2.24) is 0 Å². The molecule has 17 nitrogen and oxygen atoms in total. The lowest BCUT2D eigenvalue weighted by Crippen LogP contribution is -2.30. The van der Waals surface area contributed by atoms with Crippen LogP contribution in [0.25, 0.3) is 0 Å².